The van der Waals surface area contributed by atoms with Gasteiger partial charge < -0.3 is 19.3 Å². The van der Waals surface area contributed by atoms with Gasteiger partial charge >= 0.3 is 7.54 Å². The van der Waals surface area contributed by atoms with E-state index in [-0.39, 0.29) is 22.4 Å². The monoisotopic (exact) mass is 926 g/mol. The number of nitrogens with zero attached hydrogens (tertiary/aromatic N) is 2. The molecule has 4 aromatic carbocycles. The molecule has 0 radical (unpaired) electrons. The third-order valence-corrected chi connectivity index (χ3v) is 14.3. The van der Waals surface area contributed by atoms with Gasteiger partial charge in [-0.25, -0.2) is 0 Å². The molecule has 2 heterocycles. The fourth-order valence-corrected chi connectivity index (χ4v) is 10.9. The van der Waals surface area contributed by atoms with Gasteiger partial charge in [0.25, 0.3) is 0 Å². The topological polar surface area (TPSA) is 88.5 Å². The highest BCUT2D eigenvalue weighted by molar-refractivity contribution is 7.97. The third kappa shape index (κ3) is 12.2. The molecule has 2 fully saturated rings. The van der Waals surface area contributed by atoms with Crippen molar-refractivity contribution in [2.75, 3.05) is 72.1 Å². The van der Waals surface area contributed by atoms with E-state index in [9.17, 15) is 27.6 Å². The van der Waals surface area contributed by atoms with Crippen molar-refractivity contribution in [1.82, 2.24) is 9.80 Å². The van der Waals surface area contributed by atoms with Crippen LogP contribution < -0.4 is 14.2 Å². The molecule has 0 aromatic heterocycles. The van der Waals surface area contributed by atoms with Gasteiger partial charge in [-0.05, 0) is 210 Å². The summed E-state index contributed by atoms with van der Waals surface area (Å²) in [5.74, 6) is 3.48. The summed E-state index contributed by atoms with van der Waals surface area (Å²) in [6.45, 7) is 8.23. The molecule has 2 spiro atoms. The van der Waals surface area contributed by atoms with Crippen LogP contribution in [0.4, 0.5) is 12.9 Å². The van der Waals surface area contributed by atoms with Crippen molar-refractivity contribution in [1.29, 1.82) is 0 Å². The first-order chi connectivity index (χ1) is 31.9. The number of methoxy groups -OCH3 is 1. The van der Waals surface area contributed by atoms with E-state index in [1.165, 1.54) is 87.0 Å². The lowest BCUT2D eigenvalue weighted by molar-refractivity contribution is 0.0765. The van der Waals surface area contributed by atoms with Crippen LogP contribution in [-0.4, -0.2) is 106 Å². The van der Waals surface area contributed by atoms with Gasteiger partial charge in [-0.2, -0.15) is 11.8 Å². The molecule has 6 aliphatic rings. The molecule has 4 aromatic rings. The third-order valence-electron chi connectivity index (χ3n) is 14.3. The number of phenols is 1. The quantitative estimate of drug-likeness (QED) is 0.165. The summed E-state index contributed by atoms with van der Waals surface area (Å²) in [4.78, 5) is 31.8. The average Bonchev–Trinajstić information content (AvgIpc) is 3.88. The number of ether oxygens (including phenoxy) is 3. The highest BCUT2D eigenvalue weighted by atomic mass is 32.2. The van der Waals surface area contributed by atoms with Gasteiger partial charge in [0.05, 0.1) is 7.11 Å². The number of piperidine rings is 2. The number of likely N-dealkylation sites (tertiary alicyclic amines) is 2. The standard InChI is InChI=1S/C26H31NO3.C25H29NO3.C2H6S.BF3/c1-29-22-7-8-24-19(15-22)9-10-26(25(24)28)17-20-5-6-23(16-21(20)18-26)30-14-13-27-11-3-2-4-12-27;27-21-5-7-23-18(14-21)8-9-25(24(23)28)16-19-4-6-22(15-20(19)17-25)29-13-12-26-10-2-1-3-11-26;1-3-2;2-1(3)4/h5-8,15-16H,2-4,9-14,17-18H2,1H3;4-7,14-15,27H,1-3,8-13,16-17H2;1-2H3;. The molecule has 66 heavy (non-hydrogen) atoms. The number of ketones is 2. The minimum absolute atomic E-state index is 0.238. The molecule has 4 aliphatic carbocycles. The summed E-state index contributed by atoms with van der Waals surface area (Å²) in [5, 5.41) is 9.73. The molecule has 0 saturated carbocycles. The van der Waals surface area contributed by atoms with E-state index < -0.39 is 7.54 Å². The lowest BCUT2D eigenvalue weighted by Gasteiger charge is -2.33. The highest BCUT2D eigenvalue weighted by Gasteiger charge is 2.48. The van der Waals surface area contributed by atoms with Crippen molar-refractivity contribution in [3.05, 3.63) is 117 Å². The Balaban J connectivity index is 0.000000172. The Labute approximate surface area is 394 Å². The zero-order chi connectivity index (χ0) is 46.7. The molecular formula is C53H66BF3N2O6S. The highest BCUT2D eigenvalue weighted by Crippen LogP contribution is 2.49. The lowest BCUT2D eigenvalue weighted by atomic mass is 9.68. The maximum atomic E-state index is 13.5. The summed E-state index contributed by atoms with van der Waals surface area (Å²) in [7, 11) is -1.99. The smallest absolute Gasteiger partial charge is 0.508 e. The first-order valence-corrected chi connectivity index (χ1v) is 25.4. The number of thioether (sulfide) groups is 1. The van der Waals surface area contributed by atoms with E-state index >= 15 is 0 Å². The largest absolute Gasteiger partial charge is 0.762 e. The van der Waals surface area contributed by atoms with E-state index in [0.29, 0.717) is 5.78 Å². The molecule has 2 unspecified atom stereocenters. The Morgan fingerprint density at radius 2 is 0.970 bits per heavy atom. The van der Waals surface area contributed by atoms with E-state index in [4.69, 9.17) is 14.2 Å². The molecule has 2 saturated heterocycles. The second-order valence-corrected chi connectivity index (χ2v) is 19.6. The van der Waals surface area contributed by atoms with Crippen LogP contribution in [0.25, 0.3) is 0 Å². The summed E-state index contributed by atoms with van der Waals surface area (Å²) >= 11 is 1.75. The number of benzene rings is 4. The summed E-state index contributed by atoms with van der Waals surface area (Å²) < 4.78 is 46.5. The van der Waals surface area contributed by atoms with E-state index in [1.54, 1.807) is 37.1 Å². The Morgan fingerprint density at radius 3 is 1.42 bits per heavy atom. The molecule has 2 atom stereocenters. The van der Waals surface area contributed by atoms with Crippen LogP contribution in [0.1, 0.15) is 105 Å². The number of phenolic OH excluding ortho intramolecular Hbond substituents is 1. The maximum Gasteiger partial charge on any atom is 0.762 e. The number of carbonyl (C=O) groups excluding carboxylic acids is 2. The Kier molecular flexibility index (Phi) is 17.3. The van der Waals surface area contributed by atoms with Crippen LogP contribution in [0.5, 0.6) is 23.0 Å². The Morgan fingerprint density at radius 1 is 0.576 bits per heavy atom. The number of fused-ring (bicyclic) bond motifs is 4. The lowest BCUT2D eigenvalue weighted by Crippen LogP contribution is -2.36. The van der Waals surface area contributed by atoms with Crippen molar-refractivity contribution in [3.8, 4) is 23.0 Å². The van der Waals surface area contributed by atoms with E-state index in [0.717, 1.165) is 117 Å². The SMILES string of the molecule is COc1ccc2c(c1)CCC1(Cc3ccc(OCCN4CCCCC4)cc3C1)C2=O.CSC.FB(F)F.O=C1c2ccc(O)cc2CCC12Cc1ccc(OCCN3CCCCC3)cc1C2. The average molecular weight is 927 g/mol. The molecule has 2 aliphatic heterocycles. The predicted octanol–water partition coefficient (Wildman–Crippen LogP) is 10.5. The van der Waals surface area contributed by atoms with Crippen LogP contribution in [0, 0.1) is 10.8 Å². The van der Waals surface area contributed by atoms with Crippen LogP contribution >= 0.6 is 11.8 Å². The fourth-order valence-electron chi connectivity index (χ4n) is 10.9. The van der Waals surface area contributed by atoms with Crippen molar-refractivity contribution in [2.45, 2.75) is 89.9 Å². The maximum absolute atomic E-state index is 13.5. The summed E-state index contributed by atoms with van der Waals surface area (Å²) in [5.41, 5.74) is 8.32. The number of hydrogen-bond acceptors (Lipinski definition) is 9. The molecule has 354 valence electrons. The number of aryl methyl sites for hydroxylation is 2. The molecule has 10 rings (SSSR count). The number of Topliss-reactive ketones (excluding diaryl/α,β-unsaturated/α-hetero) is 2. The Hall–Kier alpha value is -4.46. The minimum atomic E-state index is -3.67. The van der Waals surface area contributed by atoms with Gasteiger partial charge in [-0.1, -0.05) is 25.0 Å². The second-order valence-electron chi connectivity index (χ2n) is 18.8. The van der Waals surface area contributed by atoms with E-state index in [2.05, 4.69) is 46.2 Å². The van der Waals surface area contributed by atoms with Crippen molar-refractivity contribution < 1.29 is 41.9 Å². The molecule has 1 N–H and O–H groups in total. The van der Waals surface area contributed by atoms with Crippen molar-refractivity contribution in [3.63, 3.8) is 0 Å². The zero-order valence-corrected chi connectivity index (χ0v) is 39.8. The molecular weight excluding hydrogens is 860 g/mol. The van der Waals surface area contributed by atoms with Gasteiger partial charge in [0.1, 0.15) is 36.2 Å². The minimum Gasteiger partial charge on any atom is -0.508 e. The van der Waals surface area contributed by atoms with Gasteiger partial charge in [-0.15, -0.1) is 0 Å². The number of carbonyl (C=O) groups is 2. The van der Waals surface area contributed by atoms with Gasteiger partial charge in [0.15, 0.2) is 11.6 Å². The van der Waals surface area contributed by atoms with Crippen LogP contribution in [-0.2, 0) is 38.5 Å². The number of aromatic hydroxyl groups is 1. The van der Waals surface area contributed by atoms with Gasteiger partial charge in [0.2, 0.25) is 0 Å². The molecule has 13 heteroatoms. The molecule has 8 nitrogen and oxygen atoms in total. The number of hydrogen-bond donors (Lipinski definition) is 1. The summed E-state index contributed by atoms with van der Waals surface area (Å²) in [6.07, 6.45) is 18.9. The number of rotatable bonds is 9. The first-order valence-electron chi connectivity index (χ1n) is 23.8. The Bertz CT molecular complexity index is 2280. The van der Waals surface area contributed by atoms with Crippen molar-refractivity contribution in [2.24, 2.45) is 10.8 Å². The van der Waals surface area contributed by atoms with Crippen molar-refractivity contribution >= 4 is 30.9 Å². The van der Waals surface area contributed by atoms with Crippen LogP contribution in [0.15, 0.2) is 72.8 Å². The van der Waals surface area contributed by atoms with Gasteiger partial charge in [-0.3, -0.25) is 32.3 Å². The molecule has 0 bridgehead atoms. The van der Waals surface area contributed by atoms with Crippen LogP contribution in [0.3, 0.4) is 0 Å². The van der Waals surface area contributed by atoms with Gasteiger partial charge in [0, 0.05) is 35.0 Å². The molecule has 0 amide bonds. The second kappa shape index (κ2) is 23.0. The fraction of sp³-hybridized carbons (Fsp3) is 0.509. The zero-order valence-electron chi connectivity index (χ0n) is 39.0. The predicted molar refractivity (Wildman–Crippen MR) is 259 cm³/mol. The summed E-state index contributed by atoms with van der Waals surface area (Å²) in [6, 6.07) is 23.9. The normalized spacial score (nSPS) is 21.7. The number of halogens is 3. The van der Waals surface area contributed by atoms with Crippen LogP contribution in [0.2, 0.25) is 0 Å². The van der Waals surface area contributed by atoms with E-state index in [1.807, 2.05) is 30.7 Å². The first kappa shape index (κ1) is 49.4.